The topological polar surface area (TPSA) is 85.9 Å². The molecule has 2 amide bonds. The molecule has 2 aromatic carbocycles. The van der Waals surface area contributed by atoms with Gasteiger partial charge in [0.1, 0.15) is 5.75 Å². The van der Waals surface area contributed by atoms with Crippen molar-refractivity contribution in [2.45, 2.75) is 39.7 Å². The molecule has 2 rings (SSSR count). The predicted molar refractivity (Wildman–Crippen MR) is 120 cm³/mol. The molecular formula is C24H32N2O5. The van der Waals surface area contributed by atoms with Crippen molar-refractivity contribution >= 4 is 11.8 Å². The van der Waals surface area contributed by atoms with E-state index in [0.717, 1.165) is 5.56 Å². The molecule has 2 aromatic rings. The molecule has 0 spiro atoms. The number of benzene rings is 2. The second kappa shape index (κ2) is 12.5. The zero-order valence-electron chi connectivity index (χ0n) is 18.7. The molecule has 0 aromatic heterocycles. The largest absolute Gasteiger partial charge is 0.497 e. The third kappa shape index (κ3) is 7.51. The van der Waals surface area contributed by atoms with Crippen molar-refractivity contribution in [2.24, 2.45) is 0 Å². The van der Waals surface area contributed by atoms with E-state index >= 15 is 0 Å². The number of rotatable bonds is 12. The van der Waals surface area contributed by atoms with Gasteiger partial charge in [0.25, 0.3) is 5.91 Å². The highest BCUT2D eigenvalue weighted by Gasteiger charge is 2.13. The maximum Gasteiger partial charge on any atom is 0.251 e. The standard InChI is InChI=1S/C24H32N2O5/c1-5-30-21-14-11-19(16-22(21)31-6-2)17(3)26-23(27)8-7-15-25-24(28)18-9-12-20(29-4)13-10-18/h9-14,16-17H,5-8,15H2,1-4H3,(H,25,28)(H,26,27). The van der Waals surface area contributed by atoms with Crippen LogP contribution < -0.4 is 24.8 Å². The van der Waals surface area contributed by atoms with Crippen LogP contribution in [0.3, 0.4) is 0 Å². The molecule has 1 atom stereocenters. The van der Waals surface area contributed by atoms with Gasteiger partial charge in [0, 0.05) is 18.5 Å². The van der Waals surface area contributed by atoms with E-state index in [4.69, 9.17) is 14.2 Å². The van der Waals surface area contributed by atoms with Crippen LogP contribution in [0, 0.1) is 0 Å². The summed E-state index contributed by atoms with van der Waals surface area (Å²) < 4.78 is 16.3. The van der Waals surface area contributed by atoms with Gasteiger partial charge < -0.3 is 24.8 Å². The van der Waals surface area contributed by atoms with Gasteiger partial charge in [-0.05, 0) is 69.2 Å². The van der Waals surface area contributed by atoms with Crippen LogP contribution in [0.25, 0.3) is 0 Å². The lowest BCUT2D eigenvalue weighted by Gasteiger charge is -2.17. The molecule has 31 heavy (non-hydrogen) atoms. The van der Waals surface area contributed by atoms with Crippen molar-refractivity contribution in [3.63, 3.8) is 0 Å². The molecule has 7 heteroatoms. The Labute approximate surface area is 184 Å². The third-order valence-electron chi connectivity index (χ3n) is 4.66. The van der Waals surface area contributed by atoms with Crippen molar-refractivity contribution in [1.29, 1.82) is 0 Å². The number of amides is 2. The van der Waals surface area contributed by atoms with Gasteiger partial charge in [-0.2, -0.15) is 0 Å². The number of carbonyl (C=O) groups is 2. The van der Waals surface area contributed by atoms with Crippen LogP contribution in [-0.2, 0) is 4.79 Å². The Morgan fingerprint density at radius 1 is 0.968 bits per heavy atom. The predicted octanol–water partition coefficient (Wildman–Crippen LogP) is 3.88. The van der Waals surface area contributed by atoms with Gasteiger partial charge in [-0.3, -0.25) is 9.59 Å². The number of hydrogen-bond donors (Lipinski definition) is 2. The maximum atomic E-state index is 12.3. The quantitative estimate of drug-likeness (QED) is 0.501. The summed E-state index contributed by atoms with van der Waals surface area (Å²) in [6, 6.07) is 12.4. The lowest BCUT2D eigenvalue weighted by Crippen LogP contribution is -2.29. The SMILES string of the molecule is CCOc1ccc(C(C)NC(=O)CCCNC(=O)c2ccc(OC)cc2)cc1OCC. The van der Waals surface area contributed by atoms with Crippen LogP contribution in [0.1, 0.15) is 55.6 Å². The molecular weight excluding hydrogens is 396 g/mol. The minimum Gasteiger partial charge on any atom is -0.497 e. The minimum absolute atomic E-state index is 0.0713. The first kappa shape index (κ1) is 24.1. The Kier molecular flexibility index (Phi) is 9.68. The molecule has 1 unspecified atom stereocenters. The highest BCUT2D eigenvalue weighted by Crippen LogP contribution is 2.30. The van der Waals surface area contributed by atoms with E-state index in [-0.39, 0.29) is 17.9 Å². The van der Waals surface area contributed by atoms with Gasteiger partial charge in [-0.25, -0.2) is 0 Å². The summed E-state index contributed by atoms with van der Waals surface area (Å²) in [7, 11) is 1.58. The van der Waals surface area contributed by atoms with Crippen LogP contribution >= 0.6 is 0 Å². The van der Waals surface area contributed by atoms with E-state index in [9.17, 15) is 9.59 Å². The molecule has 0 heterocycles. The molecule has 2 N–H and O–H groups in total. The number of ether oxygens (including phenoxy) is 3. The van der Waals surface area contributed by atoms with Crippen LogP contribution in [-0.4, -0.2) is 38.7 Å². The lowest BCUT2D eigenvalue weighted by molar-refractivity contribution is -0.121. The molecule has 0 saturated heterocycles. The second-order valence-corrected chi connectivity index (χ2v) is 6.95. The molecule has 168 valence electrons. The number of carbonyl (C=O) groups excluding carboxylic acids is 2. The van der Waals surface area contributed by atoms with Gasteiger partial charge in [-0.15, -0.1) is 0 Å². The van der Waals surface area contributed by atoms with E-state index in [1.165, 1.54) is 0 Å². The smallest absolute Gasteiger partial charge is 0.251 e. The highest BCUT2D eigenvalue weighted by atomic mass is 16.5. The lowest BCUT2D eigenvalue weighted by atomic mass is 10.1. The van der Waals surface area contributed by atoms with E-state index < -0.39 is 0 Å². The van der Waals surface area contributed by atoms with E-state index in [2.05, 4.69) is 10.6 Å². The van der Waals surface area contributed by atoms with Crippen LogP contribution in [0.4, 0.5) is 0 Å². The monoisotopic (exact) mass is 428 g/mol. The first-order valence-corrected chi connectivity index (χ1v) is 10.6. The van der Waals surface area contributed by atoms with Gasteiger partial charge in [-0.1, -0.05) is 6.07 Å². The zero-order valence-corrected chi connectivity index (χ0v) is 18.7. The molecule has 0 saturated carbocycles. The molecule has 0 aliphatic heterocycles. The summed E-state index contributed by atoms with van der Waals surface area (Å²) in [6.07, 6.45) is 0.872. The molecule has 0 aliphatic carbocycles. The second-order valence-electron chi connectivity index (χ2n) is 6.95. The van der Waals surface area contributed by atoms with E-state index in [1.807, 2.05) is 39.0 Å². The van der Waals surface area contributed by atoms with Crippen molar-refractivity contribution in [2.75, 3.05) is 26.9 Å². The first-order valence-electron chi connectivity index (χ1n) is 10.6. The first-order chi connectivity index (χ1) is 15.0. The van der Waals surface area contributed by atoms with Gasteiger partial charge >= 0.3 is 0 Å². The number of methoxy groups -OCH3 is 1. The Hall–Kier alpha value is -3.22. The van der Waals surface area contributed by atoms with Crippen molar-refractivity contribution in [3.05, 3.63) is 53.6 Å². The number of nitrogens with one attached hydrogen (secondary N) is 2. The summed E-state index contributed by atoms with van der Waals surface area (Å²) in [5, 5.41) is 5.81. The summed E-state index contributed by atoms with van der Waals surface area (Å²) >= 11 is 0. The van der Waals surface area contributed by atoms with Crippen LogP contribution in [0.15, 0.2) is 42.5 Å². The Morgan fingerprint density at radius 3 is 2.29 bits per heavy atom. The molecule has 0 radical (unpaired) electrons. The van der Waals surface area contributed by atoms with Crippen molar-refractivity contribution in [1.82, 2.24) is 10.6 Å². The average molecular weight is 429 g/mol. The fraction of sp³-hybridized carbons (Fsp3) is 0.417. The normalized spacial score (nSPS) is 11.4. The van der Waals surface area contributed by atoms with Crippen LogP contribution in [0.2, 0.25) is 0 Å². The molecule has 0 fully saturated rings. The van der Waals surface area contributed by atoms with Gasteiger partial charge in [0.2, 0.25) is 5.91 Å². The van der Waals surface area contributed by atoms with Crippen molar-refractivity contribution < 1.29 is 23.8 Å². The Bertz CT molecular complexity index is 852. The van der Waals surface area contributed by atoms with E-state index in [0.29, 0.717) is 55.4 Å². The summed E-state index contributed by atoms with van der Waals surface area (Å²) in [5.41, 5.74) is 1.49. The third-order valence-corrected chi connectivity index (χ3v) is 4.66. The zero-order chi connectivity index (χ0) is 22.6. The molecule has 0 bridgehead atoms. The fourth-order valence-electron chi connectivity index (χ4n) is 3.03. The average Bonchev–Trinajstić information content (AvgIpc) is 2.78. The Morgan fingerprint density at radius 2 is 1.65 bits per heavy atom. The summed E-state index contributed by atoms with van der Waals surface area (Å²) in [4.78, 5) is 24.4. The summed E-state index contributed by atoms with van der Waals surface area (Å²) in [6.45, 7) is 7.28. The highest BCUT2D eigenvalue weighted by molar-refractivity contribution is 5.94. The fourth-order valence-corrected chi connectivity index (χ4v) is 3.03. The maximum absolute atomic E-state index is 12.3. The van der Waals surface area contributed by atoms with Gasteiger partial charge in [0.15, 0.2) is 11.5 Å². The Balaban J connectivity index is 1.78. The minimum atomic E-state index is -0.172. The van der Waals surface area contributed by atoms with E-state index in [1.54, 1.807) is 31.4 Å². The van der Waals surface area contributed by atoms with Crippen molar-refractivity contribution in [3.8, 4) is 17.2 Å². The van der Waals surface area contributed by atoms with Gasteiger partial charge in [0.05, 0.1) is 26.4 Å². The molecule has 0 aliphatic rings. The van der Waals surface area contributed by atoms with Crippen LogP contribution in [0.5, 0.6) is 17.2 Å². The number of hydrogen-bond acceptors (Lipinski definition) is 5. The molecule has 7 nitrogen and oxygen atoms in total. The summed E-state index contributed by atoms with van der Waals surface area (Å²) in [5.74, 6) is 1.82.